The Bertz CT molecular complexity index is 1350. The van der Waals surface area contributed by atoms with Gasteiger partial charge in [0.1, 0.15) is 21.5 Å². The molecule has 1 amide bonds. The van der Waals surface area contributed by atoms with Crippen LogP contribution in [0.1, 0.15) is 33.7 Å². The molecule has 13 heteroatoms. The predicted octanol–water partition coefficient (Wildman–Crippen LogP) is 3.32. The molecule has 1 atom stereocenters. The van der Waals surface area contributed by atoms with Crippen molar-refractivity contribution in [3.63, 3.8) is 0 Å². The van der Waals surface area contributed by atoms with Gasteiger partial charge in [0, 0.05) is 24.4 Å². The fourth-order valence-corrected chi connectivity index (χ4v) is 6.37. The van der Waals surface area contributed by atoms with Crippen LogP contribution in [-0.2, 0) is 10.0 Å². The van der Waals surface area contributed by atoms with Gasteiger partial charge in [0.2, 0.25) is 21.8 Å². The van der Waals surface area contributed by atoms with Crippen molar-refractivity contribution in [1.29, 1.82) is 0 Å². The number of benzene rings is 2. The van der Waals surface area contributed by atoms with Gasteiger partial charge in [-0.25, -0.2) is 17.2 Å². The topological polar surface area (TPSA) is 111 Å². The minimum Gasteiger partial charge on any atom is -0.454 e. The highest BCUT2D eigenvalue weighted by atomic mass is 32.2. The molecule has 1 aromatic heterocycles. The Hall–Kier alpha value is -3.16. The summed E-state index contributed by atoms with van der Waals surface area (Å²) < 4.78 is 65.1. The number of carbonyl (C=O) groups excluding carboxylic acids is 1. The van der Waals surface area contributed by atoms with Gasteiger partial charge in [0.05, 0.1) is 6.04 Å². The van der Waals surface area contributed by atoms with Crippen molar-refractivity contribution >= 4 is 33.0 Å². The van der Waals surface area contributed by atoms with E-state index in [1.54, 1.807) is 18.2 Å². The largest absolute Gasteiger partial charge is 0.454 e. The van der Waals surface area contributed by atoms with Crippen LogP contribution >= 0.6 is 11.3 Å². The highest BCUT2D eigenvalue weighted by Gasteiger charge is 2.39. The number of anilines is 1. The summed E-state index contributed by atoms with van der Waals surface area (Å²) in [7, 11) is -4.24. The zero-order valence-corrected chi connectivity index (χ0v) is 18.5. The summed E-state index contributed by atoms with van der Waals surface area (Å²) in [5.41, 5.74) is 0.470. The van der Waals surface area contributed by atoms with Crippen LogP contribution in [0.25, 0.3) is 0 Å². The summed E-state index contributed by atoms with van der Waals surface area (Å²) in [6, 6.07) is 6.55. The second-order valence-corrected chi connectivity index (χ2v) is 10.2. The number of amides is 1. The van der Waals surface area contributed by atoms with Crippen LogP contribution in [0.15, 0.2) is 41.3 Å². The van der Waals surface area contributed by atoms with Crippen molar-refractivity contribution in [1.82, 2.24) is 14.5 Å². The molecule has 172 valence electrons. The standard InChI is InChI=1S/C20H16F2N4O5S2/c21-11-3-6-17(13(22)8-11)33(28,29)26-7-1-2-14(26)19-24-25-20(32-19)18(27)23-12-4-5-15-16(9-12)31-10-30-15/h3-6,8-9,14H,1-2,7,10H2,(H,23,27)/t14-/m1/s1. The first-order valence-corrected chi connectivity index (χ1v) is 12.1. The van der Waals surface area contributed by atoms with E-state index in [1.165, 1.54) is 0 Å². The second-order valence-electron chi connectivity index (χ2n) is 7.32. The van der Waals surface area contributed by atoms with Gasteiger partial charge in [0.15, 0.2) is 11.5 Å². The molecule has 33 heavy (non-hydrogen) atoms. The van der Waals surface area contributed by atoms with Gasteiger partial charge < -0.3 is 14.8 Å². The second kappa shape index (κ2) is 8.32. The first-order chi connectivity index (χ1) is 15.8. The van der Waals surface area contributed by atoms with E-state index < -0.39 is 38.5 Å². The average Bonchev–Trinajstić information content (AvgIpc) is 3.52. The van der Waals surface area contributed by atoms with Crippen LogP contribution in [0.5, 0.6) is 11.5 Å². The van der Waals surface area contributed by atoms with E-state index in [4.69, 9.17) is 9.47 Å². The maximum Gasteiger partial charge on any atom is 0.286 e. The summed E-state index contributed by atoms with van der Waals surface area (Å²) in [6.45, 7) is 0.247. The molecule has 1 N–H and O–H groups in total. The maximum absolute atomic E-state index is 14.2. The van der Waals surface area contributed by atoms with Crippen LogP contribution < -0.4 is 14.8 Å². The third kappa shape index (κ3) is 4.03. The third-order valence-corrected chi connectivity index (χ3v) is 8.20. The zero-order valence-electron chi connectivity index (χ0n) is 16.8. The van der Waals surface area contributed by atoms with Crippen LogP contribution in [0, 0.1) is 11.6 Å². The third-order valence-electron chi connectivity index (χ3n) is 5.23. The number of halogens is 2. The summed E-state index contributed by atoms with van der Waals surface area (Å²) in [4.78, 5) is 12.0. The lowest BCUT2D eigenvalue weighted by Crippen LogP contribution is -2.31. The van der Waals surface area contributed by atoms with Gasteiger partial charge in [-0.3, -0.25) is 4.79 Å². The van der Waals surface area contributed by atoms with E-state index >= 15 is 0 Å². The molecule has 2 aromatic carbocycles. The van der Waals surface area contributed by atoms with E-state index in [-0.39, 0.29) is 18.3 Å². The molecule has 0 radical (unpaired) electrons. The molecule has 0 aliphatic carbocycles. The van der Waals surface area contributed by atoms with E-state index in [9.17, 15) is 22.0 Å². The SMILES string of the molecule is O=C(Nc1ccc2c(c1)OCO2)c1nnc([C@H]2CCCN2S(=O)(=O)c2ccc(F)cc2F)s1. The van der Waals surface area contributed by atoms with Crippen molar-refractivity contribution in [2.45, 2.75) is 23.8 Å². The minimum absolute atomic E-state index is 0.0416. The maximum atomic E-state index is 14.2. The quantitative estimate of drug-likeness (QED) is 0.579. The molecule has 5 rings (SSSR count). The van der Waals surface area contributed by atoms with Crippen molar-refractivity contribution < 1.29 is 31.5 Å². The molecule has 2 aliphatic rings. The van der Waals surface area contributed by atoms with Crippen LogP contribution in [0.2, 0.25) is 0 Å². The molecule has 0 bridgehead atoms. The minimum atomic E-state index is -4.24. The monoisotopic (exact) mass is 494 g/mol. The Morgan fingerprint density at radius 3 is 2.76 bits per heavy atom. The fraction of sp³-hybridized carbons (Fsp3) is 0.250. The number of fused-ring (bicyclic) bond motifs is 1. The molecule has 9 nitrogen and oxygen atoms in total. The Morgan fingerprint density at radius 1 is 1.12 bits per heavy atom. The average molecular weight is 495 g/mol. The number of rotatable bonds is 5. The lowest BCUT2D eigenvalue weighted by Gasteiger charge is -2.22. The van der Waals surface area contributed by atoms with E-state index in [1.807, 2.05) is 0 Å². The number of nitrogens with one attached hydrogen (secondary N) is 1. The van der Waals surface area contributed by atoms with Crippen molar-refractivity contribution in [2.75, 3.05) is 18.7 Å². The van der Waals surface area contributed by atoms with Crippen LogP contribution in [0.4, 0.5) is 14.5 Å². The summed E-state index contributed by atoms with van der Waals surface area (Å²) in [6.07, 6.45) is 0.950. The fourth-order valence-electron chi connectivity index (χ4n) is 3.71. The first kappa shape index (κ1) is 21.7. The van der Waals surface area contributed by atoms with Gasteiger partial charge in [-0.15, -0.1) is 10.2 Å². The molecule has 3 aromatic rings. The van der Waals surface area contributed by atoms with Crippen LogP contribution in [-0.4, -0.2) is 42.2 Å². The lowest BCUT2D eigenvalue weighted by atomic mass is 10.2. The van der Waals surface area contributed by atoms with Crippen LogP contribution in [0.3, 0.4) is 0 Å². The lowest BCUT2D eigenvalue weighted by molar-refractivity contribution is 0.102. The molecule has 0 unspecified atom stereocenters. The molecular formula is C20H16F2N4O5S2. The molecule has 1 saturated heterocycles. The Kier molecular flexibility index (Phi) is 5.46. The molecule has 2 aliphatic heterocycles. The van der Waals surface area contributed by atoms with Gasteiger partial charge >= 0.3 is 0 Å². The first-order valence-electron chi connectivity index (χ1n) is 9.84. The summed E-state index contributed by atoms with van der Waals surface area (Å²) in [5.74, 6) is -1.47. The summed E-state index contributed by atoms with van der Waals surface area (Å²) >= 11 is 0.955. The van der Waals surface area contributed by atoms with Crippen molar-refractivity contribution in [3.8, 4) is 11.5 Å². The number of hydrogen-bond donors (Lipinski definition) is 1. The Morgan fingerprint density at radius 2 is 1.94 bits per heavy atom. The van der Waals surface area contributed by atoms with Crippen molar-refractivity contribution in [2.24, 2.45) is 0 Å². The number of hydrogen-bond acceptors (Lipinski definition) is 8. The number of aromatic nitrogens is 2. The number of carbonyl (C=O) groups is 1. The highest BCUT2D eigenvalue weighted by Crippen LogP contribution is 2.39. The normalized spacial score (nSPS) is 17.9. The number of sulfonamides is 1. The highest BCUT2D eigenvalue weighted by molar-refractivity contribution is 7.89. The number of nitrogens with zero attached hydrogens (tertiary/aromatic N) is 3. The number of ether oxygens (including phenoxy) is 2. The van der Waals surface area contributed by atoms with E-state index in [0.717, 1.165) is 27.8 Å². The molecule has 3 heterocycles. The van der Waals surface area contributed by atoms with Gasteiger partial charge in [-0.2, -0.15) is 4.31 Å². The van der Waals surface area contributed by atoms with E-state index in [2.05, 4.69) is 15.5 Å². The van der Waals surface area contributed by atoms with Crippen molar-refractivity contribution in [3.05, 3.63) is 58.0 Å². The Balaban J connectivity index is 1.36. The smallest absolute Gasteiger partial charge is 0.286 e. The molecule has 0 spiro atoms. The summed E-state index contributed by atoms with van der Waals surface area (Å²) in [5, 5.41) is 11.0. The van der Waals surface area contributed by atoms with Gasteiger partial charge in [0.25, 0.3) is 5.91 Å². The molecule has 0 saturated carbocycles. The van der Waals surface area contributed by atoms with Gasteiger partial charge in [-0.05, 0) is 37.1 Å². The molecule has 1 fully saturated rings. The van der Waals surface area contributed by atoms with Gasteiger partial charge in [-0.1, -0.05) is 11.3 Å². The zero-order chi connectivity index (χ0) is 23.2. The Labute approximate surface area is 191 Å². The predicted molar refractivity (Wildman–Crippen MR) is 113 cm³/mol. The van der Waals surface area contributed by atoms with E-state index in [0.29, 0.717) is 41.1 Å². The molecular weight excluding hydrogens is 478 g/mol.